The van der Waals surface area contributed by atoms with Crippen LogP contribution in [0, 0.1) is 6.92 Å². The van der Waals surface area contributed by atoms with Gasteiger partial charge in [-0.15, -0.1) is 11.3 Å². The Labute approximate surface area is 101 Å². The average Bonchev–Trinajstić information content (AvgIpc) is 2.55. The molecule has 0 aliphatic heterocycles. The Balaban J connectivity index is 2.63. The molecule has 0 atom stereocenters. The predicted molar refractivity (Wildman–Crippen MR) is 71.8 cm³/mol. The van der Waals surface area contributed by atoms with Gasteiger partial charge >= 0.3 is 0 Å². The third-order valence-electron chi connectivity index (χ3n) is 2.76. The molecule has 3 rings (SSSR count). The molecule has 0 unspecified atom stereocenters. The Bertz CT molecular complexity index is 652. The van der Waals surface area contributed by atoms with Gasteiger partial charge in [-0.2, -0.15) is 0 Å². The summed E-state index contributed by atoms with van der Waals surface area (Å²) in [4.78, 5) is 0. The van der Waals surface area contributed by atoms with E-state index in [-0.39, 0.29) is 0 Å². The topological polar surface area (TPSA) is 0 Å². The molecule has 0 aliphatic carbocycles. The van der Waals surface area contributed by atoms with Gasteiger partial charge in [0.25, 0.3) is 0 Å². The summed E-state index contributed by atoms with van der Waals surface area (Å²) in [6, 6.07) is 13.0. The standard InChI is InChI=1S/C13H9BrS/c1-8-12-10-5-3-2-4-9(10)6-7-11(12)15-13(8)14/h2-7H,1H3. The van der Waals surface area contributed by atoms with E-state index in [9.17, 15) is 0 Å². The maximum atomic E-state index is 3.61. The number of rotatable bonds is 0. The maximum Gasteiger partial charge on any atom is 0.0740 e. The Morgan fingerprint density at radius 1 is 1.07 bits per heavy atom. The van der Waals surface area contributed by atoms with Crippen LogP contribution in [-0.4, -0.2) is 0 Å². The molecule has 0 fully saturated rings. The van der Waals surface area contributed by atoms with E-state index in [1.807, 2.05) is 11.3 Å². The van der Waals surface area contributed by atoms with E-state index in [1.165, 1.54) is 30.2 Å². The predicted octanol–water partition coefficient (Wildman–Crippen LogP) is 5.13. The average molecular weight is 277 g/mol. The number of hydrogen-bond donors (Lipinski definition) is 0. The lowest BCUT2D eigenvalue weighted by atomic mass is 10.0. The second-order valence-electron chi connectivity index (χ2n) is 3.66. The summed E-state index contributed by atoms with van der Waals surface area (Å²) >= 11 is 5.42. The van der Waals surface area contributed by atoms with Crippen molar-refractivity contribution in [3.8, 4) is 0 Å². The van der Waals surface area contributed by atoms with Crippen molar-refractivity contribution in [2.24, 2.45) is 0 Å². The normalized spacial score (nSPS) is 11.3. The zero-order chi connectivity index (χ0) is 10.4. The number of benzene rings is 2. The fourth-order valence-corrected chi connectivity index (χ4v) is 3.67. The monoisotopic (exact) mass is 276 g/mol. The third kappa shape index (κ3) is 1.32. The van der Waals surface area contributed by atoms with Crippen molar-refractivity contribution in [3.05, 3.63) is 45.7 Å². The number of hydrogen-bond acceptors (Lipinski definition) is 1. The van der Waals surface area contributed by atoms with E-state index in [0.29, 0.717) is 0 Å². The minimum Gasteiger partial charge on any atom is -0.128 e. The highest BCUT2D eigenvalue weighted by Gasteiger charge is 2.08. The van der Waals surface area contributed by atoms with E-state index in [1.54, 1.807) is 0 Å². The molecule has 0 saturated heterocycles. The van der Waals surface area contributed by atoms with Gasteiger partial charge in [0.15, 0.2) is 0 Å². The van der Waals surface area contributed by atoms with E-state index in [2.05, 4.69) is 59.3 Å². The summed E-state index contributed by atoms with van der Waals surface area (Å²) in [5, 5.41) is 4.07. The van der Waals surface area contributed by atoms with Gasteiger partial charge in [0.1, 0.15) is 0 Å². The highest BCUT2D eigenvalue weighted by Crippen LogP contribution is 2.38. The molecule has 74 valence electrons. The summed E-state index contributed by atoms with van der Waals surface area (Å²) in [6.45, 7) is 2.18. The zero-order valence-electron chi connectivity index (χ0n) is 8.25. The quantitative estimate of drug-likeness (QED) is 0.534. The lowest BCUT2D eigenvalue weighted by Crippen LogP contribution is -1.74. The van der Waals surface area contributed by atoms with Crippen molar-refractivity contribution >= 4 is 48.1 Å². The smallest absolute Gasteiger partial charge is 0.0740 e. The summed E-state index contributed by atoms with van der Waals surface area (Å²) in [7, 11) is 0. The van der Waals surface area contributed by atoms with Crippen molar-refractivity contribution < 1.29 is 0 Å². The van der Waals surface area contributed by atoms with Crippen LogP contribution < -0.4 is 0 Å². The molecule has 0 spiro atoms. The van der Waals surface area contributed by atoms with E-state index in [0.717, 1.165) is 0 Å². The Morgan fingerprint density at radius 2 is 1.87 bits per heavy atom. The minimum absolute atomic E-state index is 1.24. The molecule has 2 aromatic carbocycles. The third-order valence-corrected chi connectivity index (χ3v) is 4.89. The van der Waals surface area contributed by atoms with Crippen LogP contribution in [-0.2, 0) is 0 Å². The van der Waals surface area contributed by atoms with Crippen LogP contribution in [0.15, 0.2) is 40.2 Å². The first-order valence-corrected chi connectivity index (χ1v) is 6.44. The molecular weight excluding hydrogens is 268 g/mol. The molecule has 1 heterocycles. The van der Waals surface area contributed by atoms with Gasteiger partial charge in [-0.1, -0.05) is 30.3 Å². The second-order valence-corrected chi connectivity index (χ2v) is 6.03. The summed E-state index contributed by atoms with van der Waals surface area (Å²) in [5.74, 6) is 0. The van der Waals surface area contributed by atoms with Crippen molar-refractivity contribution in [1.29, 1.82) is 0 Å². The van der Waals surface area contributed by atoms with Crippen LogP contribution >= 0.6 is 27.3 Å². The molecule has 0 amide bonds. The first-order valence-electron chi connectivity index (χ1n) is 4.84. The van der Waals surface area contributed by atoms with Gasteiger partial charge in [-0.3, -0.25) is 0 Å². The first kappa shape index (κ1) is 9.37. The molecule has 0 bridgehead atoms. The van der Waals surface area contributed by atoms with Crippen molar-refractivity contribution in [2.75, 3.05) is 0 Å². The van der Waals surface area contributed by atoms with E-state index < -0.39 is 0 Å². The summed E-state index contributed by atoms with van der Waals surface area (Å²) in [6.07, 6.45) is 0. The van der Waals surface area contributed by atoms with E-state index >= 15 is 0 Å². The van der Waals surface area contributed by atoms with Gasteiger partial charge in [-0.05, 0) is 45.3 Å². The summed E-state index contributed by atoms with van der Waals surface area (Å²) < 4.78 is 2.60. The number of aryl methyl sites for hydroxylation is 1. The van der Waals surface area contributed by atoms with Crippen LogP contribution in [0.3, 0.4) is 0 Å². The highest BCUT2D eigenvalue weighted by atomic mass is 79.9. The first-order chi connectivity index (χ1) is 7.27. The minimum atomic E-state index is 1.24. The van der Waals surface area contributed by atoms with Crippen LogP contribution in [0.4, 0.5) is 0 Å². The van der Waals surface area contributed by atoms with Crippen LogP contribution in [0.1, 0.15) is 5.56 Å². The molecule has 1 aromatic heterocycles. The number of fused-ring (bicyclic) bond motifs is 3. The SMILES string of the molecule is Cc1c(Br)sc2ccc3ccccc3c12. The Hall–Kier alpha value is -0.860. The van der Waals surface area contributed by atoms with Gasteiger partial charge in [0.05, 0.1) is 3.79 Å². The molecule has 0 saturated carbocycles. The van der Waals surface area contributed by atoms with Gasteiger partial charge < -0.3 is 0 Å². The fourth-order valence-electron chi connectivity index (χ4n) is 1.99. The lowest BCUT2D eigenvalue weighted by Gasteiger charge is -2.00. The Morgan fingerprint density at radius 3 is 2.73 bits per heavy atom. The van der Waals surface area contributed by atoms with Crippen LogP contribution in [0.25, 0.3) is 20.9 Å². The van der Waals surface area contributed by atoms with Crippen molar-refractivity contribution in [3.63, 3.8) is 0 Å². The number of thiophene rings is 1. The molecule has 0 radical (unpaired) electrons. The fraction of sp³-hybridized carbons (Fsp3) is 0.0769. The van der Waals surface area contributed by atoms with Crippen molar-refractivity contribution in [2.45, 2.75) is 6.92 Å². The molecule has 0 N–H and O–H groups in total. The molecule has 0 aliphatic rings. The summed E-state index contributed by atoms with van der Waals surface area (Å²) in [5.41, 5.74) is 1.35. The molecular formula is C13H9BrS. The molecule has 15 heavy (non-hydrogen) atoms. The molecule has 2 heteroatoms. The van der Waals surface area contributed by atoms with Gasteiger partial charge in [0.2, 0.25) is 0 Å². The maximum absolute atomic E-state index is 3.61. The largest absolute Gasteiger partial charge is 0.128 e. The van der Waals surface area contributed by atoms with E-state index in [4.69, 9.17) is 0 Å². The molecule has 3 aromatic rings. The molecule has 0 nitrogen and oxygen atoms in total. The second kappa shape index (κ2) is 3.32. The lowest BCUT2D eigenvalue weighted by molar-refractivity contribution is 1.58. The van der Waals surface area contributed by atoms with Crippen LogP contribution in [0.5, 0.6) is 0 Å². The number of halogens is 1. The van der Waals surface area contributed by atoms with Crippen molar-refractivity contribution in [1.82, 2.24) is 0 Å². The van der Waals surface area contributed by atoms with Gasteiger partial charge in [0, 0.05) is 10.1 Å². The van der Waals surface area contributed by atoms with Gasteiger partial charge in [-0.25, -0.2) is 0 Å². The Kier molecular flexibility index (Phi) is 2.08. The van der Waals surface area contributed by atoms with Crippen LogP contribution in [0.2, 0.25) is 0 Å². The highest BCUT2D eigenvalue weighted by molar-refractivity contribution is 9.11. The zero-order valence-corrected chi connectivity index (χ0v) is 10.7.